The van der Waals surface area contributed by atoms with E-state index in [1.165, 1.54) is 28.3 Å². The number of hydrogen-bond donors (Lipinski definition) is 1. The molecule has 0 saturated carbocycles. The molecule has 1 N–H and O–H groups in total. The highest BCUT2D eigenvalue weighted by Crippen LogP contribution is 2.44. The van der Waals surface area contributed by atoms with E-state index in [4.69, 9.17) is 4.74 Å². The van der Waals surface area contributed by atoms with Crippen LogP contribution in [-0.2, 0) is 17.6 Å². The summed E-state index contributed by atoms with van der Waals surface area (Å²) in [5, 5.41) is 26.9. The molecule has 10 heteroatoms. The molecule has 2 heterocycles. The Kier molecular flexibility index (Phi) is 7.76. The van der Waals surface area contributed by atoms with E-state index in [0.29, 0.717) is 32.8 Å². The summed E-state index contributed by atoms with van der Waals surface area (Å²) < 4.78 is 5.37. The second-order valence-electron chi connectivity index (χ2n) is 9.89. The van der Waals surface area contributed by atoms with Crippen molar-refractivity contribution in [1.82, 2.24) is 4.98 Å². The van der Waals surface area contributed by atoms with Crippen LogP contribution in [0.4, 0.5) is 10.7 Å². The van der Waals surface area contributed by atoms with Crippen molar-refractivity contribution in [1.29, 1.82) is 5.26 Å². The van der Waals surface area contributed by atoms with Crippen LogP contribution in [-0.4, -0.2) is 22.5 Å². The van der Waals surface area contributed by atoms with Gasteiger partial charge >= 0.3 is 5.97 Å². The number of esters is 1. The summed E-state index contributed by atoms with van der Waals surface area (Å²) in [6.07, 6.45) is 4.34. The highest BCUT2D eigenvalue weighted by atomic mass is 32.1. The molecule has 0 amide bonds. The van der Waals surface area contributed by atoms with Gasteiger partial charge in [-0.3, -0.25) is 10.1 Å². The first-order valence-corrected chi connectivity index (χ1v) is 13.7. The lowest BCUT2D eigenvalue weighted by atomic mass is 9.72. The number of nitrogens with zero attached hydrogens (tertiary/aromatic N) is 3. The second-order valence-corrected chi connectivity index (χ2v) is 11.9. The van der Waals surface area contributed by atoms with Crippen molar-refractivity contribution >= 4 is 44.9 Å². The summed E-state index contributed by atoms with van der Waals surface area (Å²) in [6, 6.07) is 8.31. The summed E-state index contributed by atoms with van der Waals surface area (Å²) in [6.45, 7) is 8.84. The molecule has 1 atom stereocenters. The predicted octanol–water partition coefficient (Wildman–Crippen LogP) is 7.08. The molecule has 0 fully saturated rings. The summed E-state index contributed by atoms with van der Waals surface area (Å²) in [7, 11) is 0. The lowest BCUT2D eigenvalue weighted by molar-refractivity contribution is -0.384. The second kappa shape index (κ2) is 10.8. The number of anilines is 1. The molecule has 1 aliphatic rings. The van der Waals surface area contributed by atoms with Crippen molar-refractivity contribution in [3.63, 3.8) is 0 Å². The van der Waals surface area contributed by atoms with Crippen LogP contribution in [0.15, 0.2) is 35.8 Å². The van der Waals surface area contributed by atoms with Gasteiger partial charge in [-0.15, -0.1) is 22.7 Å². The Balaban J connectivity index is 1.61. The van der Waals surface area contributed by atoms with E-state index in [9.17, 15) is 20.2 Å². The Morgan fingerprint density at radius 2 is 2.08 bits per heavy atom. The SMILES string of the molecule is CCOC(=O)c1c(N/C=C(\C#N)c2nc(-c3ccc([N+](=O)[O-])cc3)cs2)sc2c1CC[C@H](C(C)(C)C)C2. The van der Waals surface area contributed by atoms with Gasteiger partial charge in [0.05, 0.1) is 22.8 Å². The third-order valence-electron chi connectivity index (χ3n) is 6.55. The Morgan fingerprint density at radius 3 is 2.70 bits per heavy atom. The Labute approximate surface area is 223 Å². The normalized spacial score (nSPS) is 15.5. The average molecular weight is 537 g/mol. The summed E-state index contributed by atoms with van der Waals surface area (Å²) >= 11 is 2.86. The molecular formula is C27H28N4O4S2. The zero-order valence-corrected chi connectivity index (χ0v) is 22.8. The van der Waals surface area contributed by atoms with Crippen molar-refractivity contribution in [2.75, 3.05) is 11.9 Å². The molecule has 1 aromatic carbocycles. The van der Waals surface area contributed by atoms with Crippen LogP contribution in [0.5, 0.6) is 0 Å². The van der Waals surface area contributed by atoms with E-state index >= 15 is 0 Å². The number of ether oxygens (including phenoxy) is 1. The van der Waals surface area contributed by atoms with Crippen LogP contribution in [0, 0.1) is 32.8 Å². The fourth-order valence-electron chi connectivity index (χ4n) is 4.41. The predicted molar refractivity (Wildman–Crippen MR) is 147 cm³/mol. The molecule has 0 saturated heterocycles. The number of hydrogen-bond acceptors (Lipinski definition) is 9. The van der Waals surface area contributed by atoms with Gasteiger partial charge < -0.3 is 10.1 Å². The van der Waals surface area contributed by atoms with Crippen molar-refractivity contribution in [3.8, 4) is 17.3 Å². The lowest BCUT2D eigenvalue weighted by Crippen LogP contribution is -2.26. The molecule has 0 aliphatic heterocycles. The van der Waals surface area contributed by atoms with Crippen molar-refractivity contribution in [2.45, 2.75) is 47.0 Å². The van der Waals surface area contributed by atoms with Crippen molar-refractivity contribution in [3.05, 3.63) is 67.0 Å². The molecule has 8 nitrogen and oxygen atoms in total. The topological polar surface area (TPSA) is 118 Å². The van der Waals surface area contributed by atoms with Gasteiger partial charge in [-0.2, -0.15) is 5.26 Å². The minimum Gasteiger partial charge on any atom is -0.462 e. The number of aromatic nitrogens is 1. The van der Waals surface area contributed by atoms with Gasteiger partial charge in [-0.05, 0) is 55.2 Å². The largest absolute Gasteiger partial charge is 0.462 e. The number of allylic oxidation sites excluding steroid dienone is 1. The standard InChI is InChI=1S/C27H28N4O4S2/c1-5-35-26(32)23-20-11-8-18(27(2,3)4)12-22(20)37-25(23)29-14-17(13-28)24-30-21(15-36-24)16-6-9-19(10-7-16)31(33)34/h6-7,9-10,14-15,18,29H,5,8,11-12H2,1-4H3/b17-14+/t18-/m0/s1. The number of nitro benzene ring substituents is 1. The average Bonchev–Trinajstić information content (AvgIpc) is 3.49. The fraction of sp³-hybridized carbons (Fsp3) is 0.370. The highest BCUT2D eigenvalue weighted by Gasteiger charge is 2.34. The van der Waals surface area contributed by atoms with Crippen molar-refractivity contribution in [2.24, 2.45) is 11.3 Å². The lowest BCUT2D eigenvalue weighted by Gasteiger charge is -2.33. The van der Waals surface area contributed by atoms with E-state index in [-0.39, 0.29) is 23.7 Å². The monoisotopic (exact) mass is 536 g/mol. The number of thiophene rings is 1. The molecule has 37 heavy (non-hydrogen) atoms. The Hall–Kier alpha value is -3.55. The number of carbonyl (C=O) groups is 1. The number of benzene rings is 1. The molecule has 0 spiro atoms. The molecular weight excluding hydrogens is 508 g/mol. The number of fused-ring (bicyclic) bond motifs is 1. The van der Waals surface area contributed by atoms with Gasteiger partial charge in [0.15, 0.2) is 0 Å². The zero-order valence-electron chi connectivity index (χ0n) is 21.2. The molecule has 0 radical (unpaired) electrons. The van der Waals surface area contributed by atoms with E-state index < -0.39 is 4.92 Å². The minimum atomic E-state index is -0.450. The van der Waals surface area contributed by atoms with E-state index in [0.717, 1.165) is 30.4 Å². The summed E-state index contributed by atoms with van der Waals surface area (Å²) in [5.41, 5.74) is 3.48. The number of nitriles is 1. The van der Waals surface area contributed by atoms with E-state index in [2.05, 4.69) is 37.1 Å². The van der Waals surface area contributed by atoms with E-state index in [1.54, 1.807) is 36.6 Å². The van der Waals surface area contributed by atoms with Crippen LogP contribution < -0.4 is 5.32 Å². The van der Waals surface area contributed by atoms with Gasteiger partial charge in [0.25, 0.3) is 5.69 Å². The number of thiazole rings is 1. The fourth-order valence-corrected chi connectivity index (χ4v) is 6.49. The molecule has 1 aliphatic carbocycles. The maximum Gasteiger partial charge on any atom is 0.341 e. The molecule has 2 aromatic heterocycles. The van der Waals surface area contributed by atoms with Crippen LogP contribution in [0.3, 0.4) is 0 Å². The highest BCUT2D eigenvalue weighted by molar-refractivity contribution is 7.16. The zero-order chi connectivity index (χ0) is 26.7. The molecule has 0 bridgehead atoms. The molecule has 192 valence electrons. The first kappa shape index (κ1) is 26.5. The number of non-ortho nitro benzene ring substituents is 1. The van der Waals surface area contributed by atoms with Crippen LogP contribution in [0.1, 0.15) is 59.9 Å². The molecule has 3 aromatic rings. The quantitative estimate of drug-likeness (QED) is 0.148. The third-order valence-corrected chi connectivity index (χ3v) is 8.61. The molecule has 4 rings (SSSR count). The third kappa shape index (κ3) is 5.73. The summed E-state index contributed by atoms with van der Waals surface area (Å²) in [5.74, 6) is 0.179. The van der Waals surface area contributed by atoms with Gasteiger partial charge in [-0.1, -0.05) is 20.8 Å². The van der Waals surface area contributed by atoms with E-state index in [1.807, 2.05) is 5.38 Å². The first-order chi connectivity index (χ1) is 17.6. The van der Waals surface area contributed by atoms with Gasteiger partial charge in [0, 0.05) is 34.2 Å². The molecule has 0 unspecified atom stereocenters. The number of nitrogens with one attached hydrogen (secondary N) is 1. The number of carbonyl (C=O) groups excluding carboxylic acids is 1. The van der Waals surface area contributed by atoms with Gasteiger partial charge in [0.1, 0.15) is 21.7 Å². The number of rotatable bonds is 7. The Bertz CT molecular complexity index is 1390. The number of nitro groups is 1. The smallest absolute Gasteiger partial charge is 0.341 e. The van der Waals surface area contributed by atoms with Gasteiger partial charge in [0.2, 0.25) is 0 Å². The van der Waals surface area contributed by atoms with Gasteiger partial charge in [-0.25, -0.2) is 9.78 Å². The Morgan fingerprint density at radius 1 is 1.35 bits per heavy atom. The van der Waals surface area contributed by atoms with Crippen LogP contribution >= 0.6 is 22.7 Å². The minimum absolute atomic E-state index is 0.00545. The van der Waals surface area contributed by atoms with Crippen LogP contribution in [0.2, 0.25) is 0 Å². The van der Waals surface area contributed by atoms with Crippen LogP contribution in [0.25, 0.3) is 16.8 Å². The maximum atomic E-state index is 12.9. The maximum absolute atomic E-state index is 12.9. The van der Waals surface area contributed by atoms with Crippen molar-refractivity contribution < 1.29 is 14.5 Å². The first-order valence-electron chi connectivity index (χ1n) is 12.0. The summed E-state index contributed by atoms with van der Waals surface area (Å²) in [4.78, 5) is 29.1.